The van der Waals surface area contributed by atoms with Gasteiger partial charge in [-0.05, 0) is 79.3 Å². The number of nitrogens with zero attached hydrogens (tertiary/aromatic N) is 3. The second kappa shape index (κ2) is 8.58. The van der Waals surface area contributed by atoms with Crippen LogP contribution in [0.15, 0.2) is 85.2 Å². The van der Waals surface area contributed by atoms with Gasteiger partial charge in [-0.2, -0.15) is 0 Å². The number of hydrogen-bond acceptors (Lipinski definition) is 2. The van der Waals surface area contributed by atoms with Gasteiger partial charge in [-0.1, -0.05) is 41.4 Å². The molecule has 1 saturated heterocycles. The van der Waals surface area contributed by atoms with Gasteiger partial charge in [0, 0.05) is 28.8 Å². The maximum absolute atomic E-state index is 6.58. The lowest BCUT2D eigenvalue weighted by Gasteiger charge is -2.29. The normalized spacial score (nSPS) is 18.1. The van der Waals surface area contributed by atoms with Crippen LogP contribution in [0.1, 0.15) is 29.0 Å². The fraction of sp³-hybridized carbons (Fsp3) is 0.120. The predicted molar refractivity (Wildman–Crippen MR) is 135 cm³/mol. The molecule has 2 aromatic carbocycles. The van der Waals surface area contributed by atoms with Gasteiger partial charge in [0.1, 0.15) is 6.04 Å². The first-order chi connectivity index (χ1) is 15.5. The number of thiocarbonyl (C=S) groups is 1. The summed E-state index contributed by atoms with van der Waals surface area (Å²) in [5, 5.41) is 5.35. The molecule has 0 spiro atoms. The van der Waals surface area contributed by atoms with E-state index in [0.717, 1.165) is 22.8 Å². The van der Waals surface area contributed by atoms with Gasteiger partial charge in [-0.25, -0.2) is 0 Å². The molecular weight excluding hydrogens is 459 g/mol. The molecule has 4 nitrogen and oxygen atoms in total. The lowest BCUT2D eigenvalue weighted by molar-refractivity contribution is 0.549. The van der Waals surface area contributed by atoms with Crippen molar-refractivity contribution < 1.29 is 0 Å². The number of hydrogen-bond donors (Lipinski definition) is 1. The number of aromatic nitrogens is 2. The van der Waals surface area contributed by atoms with E-state index in [0.29, 0.717) is 15.2 Å². The minimum Gasteiger partial charge on any atom is -0.351 e. The number of anilines is 1. The highest BCUT2D eigenvalue weighted by Gasteiger charge is 2.42. The molecule has 0 saturated carbocycles. The molecule has 3 heterocycles. The first kappa shape index (κ1) is 21.0. The zero-order valence-corrected chi connectivity index (χ0v) is 19.6. The Bertz CT molecular complexity index is 1290. The van der Waals surface area contributed by atoms with Gasteiger partial charge >= 0.3 is 0 Å². The van der Waals surface area contributed by atoms with Gasteiger partial charge in [0.15, 0.2) is 5.11 Å². The van der Waals surface area contributed by atoms with Crippen LogP contribution in [-0.2, 0) is 0 Å². The van der Waals surface area contributed by atoms with Gasteiger partial charge in [0.25, 0.3) is 0 Å². The summed E-state index contributed by atoms with van der Waals surface area (Å²) in [5.41, 5.74) is 5.02. The first-order valence-corrected chi connectivity index (χ1v) is 11.4. The van der Waals surface area contributed by atoms with Crippen LogP contribution in [0.5, 0.6) is 0 Å². The summed E-state index contributed by atoms with van der Waals surface area (Å²) in [4.78, 5) is 6.79. The van der Waals surface area contributed by atoms with E-state index in [9.17, 15) is 0 Å². The van der Waals surface area contributed by atoms with Crippen LogP contribution in [0.25, 0.3) is 5.69 Å². The van der Waals surface area contributed by atoms with E-state index in [1.165, 1.54) is 5.56 Å². The fourth-order valence-electron chi connectivity index (χ4n) is 4.24. The Hall–Kier alpha value is -2.86. The number of aryl methyl sites for hydroxylation is 1. The number of nitrogens with one attached hydrogen (secondary N) is 1. The molecule has 1 fully saturated rings. The fourth-order valence-corrected chi connectivity index (χ4v) is 5.09. The molecule has 5 rings (SSSR count). The molecule has 0 unspecified atom stereocenters. The van der Waals surface area contributed by atoms with E-state index in [-0.39, 0.29) is 12.1 Å². The number of pyridine rings is 1. The van der Waals surface area contributed by atoms with Crippen molar-refractivity contribution in [3.63, 3.8) is 0 Å². The molecule has 2 atom stereocenters. The highest BCUT2D eigenvalue weighted by molar-refractivity contribution is 7.80. The average molecular weight is 479 g/mol. The summed E-state index contributed by atoms with van der Waals surface area (Å²) in [5.74, 6) is 0. The Kier molecular flexibility index (Phi) is 5.64. The highest BCUT2D eigenvalue weighted by atomic mass is 35.5. The standard InChI is InChI=1S/C25H20Cl2N4S/c1-16-6-4-7-18(14-16)31-24(23(29-25(31)32)20-8-2-3-12-28-20)22-9-5-13-30(22)21-11-10-17(26)15-19(21)27/h2-15,23-24H,1H3,(H,29,32)/t23-,24-/m1/s1. The zero-order valence-electron chi connectivity index (χ0n) is 17.2. The van der Waals surface area contributed by atoms with Gasteiger partial charge < -0.3 is 14.8 Å². The Labute approximate surface area is 202 Å². The van der Waals surface area contributed by atoms with E-state index in [1.54, 1.807) is 6.07 Å². The third kappa shape index (κ3) is 3.77. The maximum Gasteiger partial charge on any atom is 0.174 e. The number of halogens is 2. The second-order valence-corrected chi connectivity index (χ2v) is 8.96. The van der Waals surface area contributed by atoms with Gasteiger partial charge in [-0.3, -0.25) is 4.98 Å². The highest BCUT2D eigenvalue weighted by Crippen LogP contribution is 2.43. The quantitative estimate of drug-likeness (QED) is 0.332. The molecule has 4 aromatic rings. The van der Waals surface area contributed by atoms with Crippen molar-refractivity contribution in [2.24, 2.45) is 0 Å². The van der Waals surface area contributed by atoms with Crippen molar-refractivity contribution in [3.8, 4) is 5.69 Å². The summed E-state index contributed by atoms with van der Waals surface area (Å²) in [6.07, 6.45) is 3.82. The summed E-state index contributed by atoms with van der Waals surface area (Å²) in [7, 11) is 0. The molecule has 0 radical (unpaired) electrons. The van der Waals surface area contributed by atoms with Crippen molar-refractivity contribution in [2.45, 2.75) is 19.0 Å². The molecule has 160 valence electrons. The Morgan fingerprint density at radius 1 is 0.969 bits per heavy atom. The van der Waals surface area contributed by atoms with Crippen molar-refractivity contribution in [2.75, 3.05) is 4.90 Å². The Balaban J connectivity index is 1.69. The van der Waals surface area contributed by atoms with E-state index in [4.69, 9.17) is 35.4 Å². The molecule has 0 aliphatic carbocycles. The minimum atomic E-state index is -0.138. The Morgan fingerprint density at radius 3 is 2.59 bits per heavy atom. The van der Waals surface area contributed by atoms with Crippen molar-refractivity contribution in [1.82, 2.24) is 14.9 Å². The van der Waals surface area contributed by atoms with Crippen LogP contribution in [-0.4, -0.2) is 14.7 Å². The van der Waals surface area contributed by atoms with E-state index in [2.05, 4.69) is 51.0 Å². The molecule has 0 bridgehead atoms. The topological polar surface area (TPSA) is 33.1 Å². The maximum atomic E-state index is 6.58. The number of benzene rings is 2. The van der Waals surface area contributed by atoms with Crippen molar-refractivity contribution in [1.29, 1.82) is 0 Å². The molecule has 32 heavy (non-hydrogen) atoms. The Morgan fingerprint density at radius 2 is 1.84 bits per heavy atom. The predicted octanol–water partition coefficient (Wildman–Crippen LogP) is 6.66. The average Bonchev–Trinajstić information content (AvgIpc) is 3.38. The second-order valence-electron chi connectivity index (χ2n) is 7.73. The molecule has 0 amide bonds. The zero-order chi connectivity index (χ0) is 22.2. The molecule has 2 aromatic heterocycles. The molecule has 1 N–H and O–H groups in total. The number of rotatable bonds is 4. The summed E-state index contributed by atoms with van der Waals surface area (Å²) in [6, 6.07) is 23.7. The molecule has 1 aliphatic heterocycles. The lowest BCUT2D eigenvalue weighted by Crippen LogP contribution is -2.30. The summed E-state index contributed by atoms with van der Waals surface area (Å²) in [6.45, 7) is 2.08. The lowest BCUT2D eigenvalue weighted by atomic mass is 10.0. The van der Waals surface area contributed by atoms with Crippen LogP contribution >= 0.6 is 35.4 Å². The molecule has 1 aliphatic rings. The largest absolute Gasteiger partial charge is 0.351 e. The smallest absolute Gasteiger partial charge is 0.174 e. The van der Waals surface area contributed by atoms with Gasteiger partial charge in [-0.15, -0.1) is 0 Å². The van der Waals surface area contributed by atoms with Gasteiger partial charge in [0.05, 0.1) is 22.4 Å². The summed E-state index contributed by atoms with van der Waals surface area (Å²) >= 11 is 18.6. The van der Waals surface area contributed by atoms with Crippen LogP contribution in [0, 0.1) is 6.92 Å². The third-order valence-electron chi connectivity index (χ3n) is 5.63. The van der Waals surface area contributed by atoms with E-state index < -0.39 is 0 Å². The van der Waals surface area contributed by atoms with Crippen molar-refractivity contribution >= 4 is 46.2 Å². The van der Waals surface area contributed by atoms with E-state index >= 15 is 0 Å². The van der Waals surface area contributed by atoms with Crippen LogP contribution in [0.3, 0.4) is 0 Å². The van der Waals surface area contributed by atoms with Gasteiger partial charge in [0.2, 0.25) is 0 Å². The van der Waals surface area contributed by atoms with Crippen LogP contribution < -0.4 is 10.2 Å². The molecular formula is C25H20Cl2N4S. The monoisotopic (exact) mass is 478 g/mol. The van der Waals surface area contributed by atoms with Crippen molar-refractivity contribution in [3.05, 3.63) is 112 Å². The summed E-state index contributed by atoms with van der Waals surface area (Å²) < 4.78 is 2.09. The molecule has 7 heteroatoms. The third-order valence-corrected chi connectivity index (χ3v) is 6.48. The van der Waals surface area contributed by atoms with E-state index in [1.807, 2.05) is 54.9 Å². The van der Waals surface area contributed by atoms with Crippen LogP contribution in [0.2, 0.25) is 10.0 Å². The first-order valence-electron chi connectivity index (χ1n) is 10.2. The van der Waals surface area contributed by atoms with Crippen LogP contribution in [0.4, 0.5) is 5.69 Å². The SMILES string of the molecule is Cc1cccc(N2C(=S)N[C@H](c3ccccn3)[C@H]2c2cccn2-c2ccc(Cl)cc2Cl)c1. The minimum absolute atomic E-state index is 0.135.